The van der Waals surface area contributed by atoms with Crippen LogP contribution in [0.5, 0.6) is 0 Å². The largest absolute Gasteiger partial charge is 0.441 e. The maximum atomic E-state index is 13.0. The van der Waals surface area contributed by atoms with Crippen molar-refractivity contribution >= 4 is 22.7 Å². The Labute approximate surface area is 169 Å². The maximum Gasteiger partial charge on any atom is 0.242 e. The second-order valence-corrected chi connectivity index (χ2v) is 7.04. The molecule has 5 heteroatoms. The van der Waals surface area contributed by atoms with Crippen LogP contribution in [0, 0.1) is 6.92 Å². The third kappa shape index (κ3) is 4.29. The number of carbonyl (C=O) groups is 1. The number of nitrogens with one attached hydrogen (secondary N) is 2. The zero-order valence-corrected chi connectivity index (χ0v) is 16.4. The molecule has 0 fully saturated rings. The van der Waals surface area contributed by atoms with Crippen LogP contribution < -0.4 is 10.6 Å². The summed E-state index contributed by atoms with van der Waals surface area (Å²) in [5.41, 5.74) is 4.41. The van der Waals surface area contributed by atoms with Crippen LogP contribution in [0.1, 0.15) is 30.0 Å². The molecule has 0 radical (unpaired) electrons. The average molecular weight is 385 g/mol. The molecule has 4 aromatic rings. The number of nitrogens with zero attached hydrogens (tertiary/aromatic N) is 1. The fraction of sp³-hybridized carbons (Fsp3) is 0.167. The van der Waals surface area contributed by atoms with Gasteiger partial charge in [-0.2, -0.15) is 0 Å². The van der Waals surface area contributed by atoms with Crippen molar-refractivity contribution in [1.82, 2.24) is 10.3 Å². The van der Waals surface area contributed by atoms with E-state index in [2.05, 4.69) is 15.6 Å². The molecule has 0 aliphatic carbocycles. The molecule has 0 unspecified atom stereocenters. The smallest absolute Gasteiger partial charge is 0.242 e. The van der Waals surface area contributed by atoms with E-state index >= 15 is 0 Å². The number of benzene rings is 3. The van der Waals surface area contributed by atoms with Crippen LogP contribution in [0.4, 0.5) is 5.69 Å². The lowest BCUT2D eigenvalue weighted by atomic mass is 9.98. The van der Waals surface area contributed by atoms with Crippen molar-refractivity contribution in [2.45, 2.75) is 25.9 Å². The number of aryl methyl sites for hydroxylation is 1. The lowest BCUT2D eigenvalue weighted by Gasteiger charge is -2.23. The molecule has 0 saturated heterocycles. The summed E-state index contributed by atoms with van der Waals surface area (Å²) in [6.45, 7) is 3.66. The van der Waals surface area contributed by atoms with Gasteiger partial charge in [0, 0.05) is 12.6 Å². The van der Waals surface area contributed by atoms with Crippen LogP contribution in [0.3, 0.4) is 0 Å². The van der Waals surface area contributed by atoms with Gasteiger partial charge in [-0.3, -0.25) is 4.79 Å². The summed E-state index contributed by atoms with van der Waals surface area (Å²) < 4.78 is 5.51. The van der Waals surface area contributed by atoms with Gasteiger partial charge >= 0.3 is 0 Å². The number of anilines is 1. The molecule has 4 rings (SSSR count). The Kier molecular flexibility index (Phi) is 5.29. The summed E-state index contributed by atoms with van der Waals surface area (Å²) in [6.07, 6.45) is 0. The second-order valence-electron chi connectivity index (χ2n) is 7.04. The van der Waals surface area contributed by atoms with Crippen LogP contribution in [0.25, 0.3) is 11.1 Å². The zero-order chi connectivity index (χ0) is 20.2. The number of hydrogen-bond acceptors (Lipinski definition) is 4. The van der Waals surface area contributed by atoms with Gasteiger partial charge in [-0.15, -0.1) is 0 Å². The van der Waals surface area contributed by atoms with Crippen LogP contribution in [0.2, 0.25) is 0 Å². The minimum Gasteiger partial charge on any atom is -0.441 e. The number of oxazole rings is 1. The van der Waals surface area contributed by atoms with Crippen molar-refractivity contribution in [2.24, 2.45) is 0 Å². The van der Waals surface area contributed by atoms with E-state index < -0.39 is 6.04 Å². The van der Waals surface area contributed by atoms with Gasteiger partial charge in [-0.05, 0) is 36.2 Å². The highest BCUT2D eigenvalue weighted by Crippen LogP contribution is 2.23. The number of hydrogen-bond donors (Lipinski definition) is 2. The topological polar surface area (TPSA) is 67.2 Å². The molecule has 146 valence electrons. The number of carbonyl (C=O) groups excluding carboxylic acids is 1. The molecule has 1 amide bonds. The molecule has 5 nitrogen and oxygen atoms in total. The third-order valence-corrected chi connectivity index (χ3v) is 4.82. The van der Waals surface area contributed by atoms with Crippen LogP contribution >= 0.6 is 0 Å². The van der Waals surface area contributed by atoms with E-state index in [1.807, 2.05) is 92.7 Å². The van der Waals surface area contributed by atoms with Crippen molar-refractivity contribution in [3.8, 4) is 0 Å². The van der Waals surface area contributed by atoms with E-state index in [4.69, 9.17) is 4.42 Å². The van der Waals surface area contributed by atoms with Gasteiger partial charge in [-0.25, -0.2) is 4.98 Å². The molecule has 1 atom stereocenters. The first kappa shape index (κ1) is 18.7. The molecule has 0 bridgehead atoms. The molecule has 0 spiro atoms. The van der Waals surface area contributed by atoms with E-state index in [9.17, 15) is 4.79 Å². The van der Waals surface area contributed by atoms with Crippen molar-refractivity contribution in [2.75, 3.05) is 5.32 Å². The van der Waals surface area contributed by atoms with E-state index in [0.29, 0.717) is 5.89 Å². The van der Waals surface area contributed by atoms with Crippen LogP contribution in [-0.4, -0.2) is 16.9 Å². The highest BCUT2D eigenvalue weighted by Gasteiger charge is 2.20. The minimum atomic E-state index is -0.421. The summed E-state index contributed by atoms with van der Waals surface area (Å²) in [5, 5.41) is 6.43. The summed E-state index contributed by atoms with van der Waals surface area (Å²) in [4.78, 5) is 17.3. The number of aromatic nitrogens is 1. The van der Waals surface area contributed by atoms with E-state index in [-0.39, 0.29) is 11.9 Å². The normalized spacial score (nSPS) is 12.1. The first-order valence-electron chi connectivity index (χ1n) is 9.64. The second kappa shape index (κ2) is 8.19. The molecule has 2 N–H and O–H groups in total. The Morgan fingerprint density at radius 2 is 1.55 bits per heavy atom. The average Bonchev–Trinajstić information content (AvgIpc) is 3.12. The Hall–Kier alpha value is -3.60. The molecule has 0 aliphatic rings. The maximum absolute atomic E-state index is 13.0. The zero-order valence-electron chi connectivity index (χ0n) is 16.4. The molecule has 1 heterocycles. The summed E-state index contributed by atoms with van der Waals surface area (Å²) >= 11 is 0. The summed E-state index contributed by atoms with van der Waals surface area (Å²) in [7, 11) is 0. The molecule has 0 aliphatic heterocycles. The molecule has 3 aromatic carbocycles. The predicted octanol–water partition coefficient (Wildman–Crippen LogP) is 4.84. The Bertz CT molecular complexity index is 1070. The van der Waals surface area contributed by atoms with E-state index in [0.717, 1.165) is 27.9 Å². The van der Waals surface area contributed by atoms with Gasteiger partial charge < -0.3 is 15.1 Å². The van der Waals surface area contributed by atoms with Crippen LogP contribution in [0.15, 0.2) is 83.3 Å². The highest BCUT2D eigenvalue weighted by atomic mass is 16.3. The first-order chi connectivity index (χ1) is 14.1. The molecule has 29 heavy (non-hydrogen) atoms. The molecular weight excluding hydrogens is 362 g/mol. The summed E-state index contributed by atoms with van der Waals surface area (Å²) in [6, 6.07) is 25.0. The van der Waals surface area contributed by atoms with Gasteiger partial charge in [-0.1, -0.05) is 60.7 Å². The van der Waals surface area contributed by atoms with Crippen molar-refractivity contribution in [3.63, 3.8) is 0 Å². The molecule has 0 saturated carbocycles. The lowest BCUT2D eigenvalue weighted by Crippen LogP contribution is -2.40. The molecule has 1 aromatic heterocycles. The van der Waals surface area contributed by atoms with Crippen molar-refractivity contribution in [3.05, 3.63) is 95.9 Å². The van der Waals surface area contributed by atoms with E-state index in [1.165, 1.54) is 0 Å². The SMILES string of the molecule is Cc1nc2cc(N[C@@H](C)C(=O)NC(c3ccccc3)c3ccccc3)ccc2o1. The van der Waals surface area contributed by atoms with E-state index in [1.54, 1.807) is 0 Å². The third-order valence-electron chi connectivity index (χ3n) is 4.82. The Balaban J connectivity index is 1.51. The lowest BCUT2D eigenvalue weighted by molar-refractivity contribution is -0.122. The fourth-order valence-electron chi connectivity index (χ4n) is 3.37. The van der Waals surface area contributed by atoms with Gasteiger partial charge in [0.1, 0.15) is 11.6 Å². The fourth-order valence-corrected chi connectivity index (χ4v) is 3.37. The van der Waals surface area contributed by atoms with Crippen molar-refractivity contribution < 1.29 is 9.21 Å². The van der Waals surface area contributed by atoms with Gasteiger partial charge in [0.2, 0.25) is 5.91 Å². The van der Waals surface area contributed by atoms with Crippen molar-refractivity contribution in [1.29, 1.82) is 0 Å². The predicted molar refractivity (Wildman–Crippen MR) is 115 cm³/mol. The standard InChI is InChI=1S/C24H23N3O2/c1-16(25-20-13-14-22-21(15-20)26-17(2)29-22)24(28)27-23(18-9-5-3-6-10-18)19-11-7-4-8-12-19/h3-16,23,25H,1-2H3,(H,27,28)/t16-/m0/s1. The van der Waals surface area contributed by atoms with Gasteiger partial charge in [0.05, 0.1) is 6.04 Å². The molecular formula is C24H23N3O2. The minimum absolute atomic E-state index is 0.0841. The number of rotatable bonds is 6. The number of fused-ring (bicyclic) bond motifs is 1. The Morgan fingerprint density at radius 1 is 0.931 bits per heavy atom. The Morgan fingerprint density at radius 3 is 2.17 bits per heavy atom. The van der Waals surface area contributed by atoms with Gasteiger partial charge in [0.15, 0.2) is 11.5 Å². The van der Waals surface area contributed by atoms with Crippen LogP contribution in [-0.2, 0) is 4.79 Å². The highest BCUT2D eigenvalue weighted by molar-refractivity contribution is 5.86. The monoisotopic (exact) mass is 385 g/mol. The summed E-state index contributed by atoms with van der Waals surface area (Å²) in [5.74, 6) is 0.538. The van der Waals surface area contributed by atoms with Gasteiger partial charge in [0.25, 0.3) is 0 Å². The first-order valence-corrected chi connectivity index (χ1v) is 9.64. The quantitative estimate of drug-likeness (QED) is 0.498. The number of amides is 1.